The third-order valence-corrected chi connectivity index (χ3v) is 3.41. The normalized spacial score (nSPS) is 19.6. The Bertz CT molecular complexity index is 665. The van der Waals surface area contributed by atoms with Gasteiger partial charge in [0.05, 0.1) is 10.6 Å². The van der Waals surface area contributed by atoms with E-state index in [1.807, 2.05) is 6.08 Å². The number of fused-ring (bicyclic) bond motifs is 1. The summed E-state index contributed by atoms with van der Waals surface area (Å²) in [5, 5.41) is 10.9. The van der Waals surface area contributed by atoms with E-state index in [-0.39, 0.29) is 11.8 Å². The second kappa shape index (κ2) is 6.41. The van der Waals surface area contributed by atoms with Gasteiger partial charge in [-0.05, 0) is 24.5 Å². The van der Waals surface area contributed by atoms with E-state index in [1.54, 1.807) is 18.2 Å². The van der Waals surface area contributed by atoms with Crippen LogP contribution in [0.25, 0.3) is 0 Å². The molecule has 0 aliphatic carbocycles. The highest BCUT2D eigenvalue weighted by molar-refractivity contribution is 7.79. The van der Waals surface area contributed by atoms with Crippen molar-refractivity contribution in [2.75, 3.05) is 0 Å². The summed E-state index contributed by atoms with van der Waals surface area (Å²) in [6.45, 7) is 7.41. The minimum absolute atomic E-state index is 0.00383. The van der Waals surface area contributed by atoms with Gasteiger partial charge in [-0.3, -0.25) is 10.1 Å². The smallest absolute Gasteiger partial charge is 0.270 e. The van der Waals surface area contributed by atoms with Crippen LogP contribution in [-0.2, 0) is 0 Å². The Hall–Kier alpha value is -2.34. The van der Waals surface area contributed by atoms with Crippen molar-refractivity contribution in [3.05, 3.63) is 70.8 Å². The Labute approximate surface area is 128 Å². The van der Waals surface area contributed by atoms with Crippen LogP contribution in [0.5, 0.6) is 5.75 Å². The molecule has 0 saturated heterocycles. The van der Waals surface area contributed by atoms with Crippen molar-refractivity contribution < 1.29 is 9.66 Å². The van der Waals surface area contributed by atoms with Crippen molar-refractivity contribution in [3.8, 4) is 5.75 Å². The average molecular weight is 302 g/mol. The minimum Gasteiger partial charge on any atom is -0.485 e. The van der Waals surface area contributed by atoms with E-state index in [0.29, 0.717) is 23.4 Å². The zero-order valence-electron chi connectivity index (χ0n) is 11.2. The van der Waals surface area contributed by atoms with Crippen molar-refractivity contribution in [2.24, 2.45) is 4.40 Å². The van der Waals surface area contributed by atoms with Crippen molar-refractivity contribution >= 4 is 24.2 Å². The number of hydrogen-bond donors (Lipinski definition) is 1. The number of ether oxygens (including phenoxy) is 1. The fourth-order valence-electron chi connectivity index (χ4n) is 2.16. The second-order valence-corrected chi connectivity index (χ2v) is 4.60. The summed E-state index contributed by atoms with van der Waals surface area (Å²) in [7, 11) is 0. The summed E-state index contributed by atoms with van der Waals surface area (Å²) < 4.78 is 9.82. The molecule has 6 heteroatoms. The summed E-state index contributed by atoms with van der Waals surface area (Å²) in [6.07, 6.45) is 5.36. The summed E-state index contributed by atoms with van der Waals surface area (Å²) in [4.78, 5) is 10.4. The first-order valence-electron chi connectivity index (χ1n) is 6.22. The van der Waals surface area contributed by atoms with Crippen LogP contribution in [0.3, 0.4) is 0 Å². The molecule has 0 aromatic heterocycles. The molecule has 1 aromatic rings. The van der Waals surface area contributed by atoms with Gasteiger partial charge in [0.1, 0.15) is 11.9 Å². The number of thiol groups is 1. The van der Waals surface area contributed by atoms with Crippen molar-refractivity contribution in [2.45, 2.75) is 12.5 Å². The Morgan fingerprint density at radius 2 is 2.29 bits per heavy atom. The number of hydrogen-bond acceptors (Lipinski definition) is 5. The number of benzene rings is 1. The van der Waals surface area contributed by atoms with Gasteiger partial charge in [-0.15, -0.1) is 0 Å². The Kier molecular flexibility index (Phi) is 4.59. The van der Waals surface area contributed by atoms with Crippen molar-refractivity contribution in [1.82, 2.24) is 0 Å². The molecule has 0 saturated carbocycles. The molecule has 0 bridgehead atoms. The summed E-state index contributed by atoms with van der Waals surface area (Å²) in [6, 6.07) is 4.43. The SMILES string of the molecule is C=C/C=C(\C=C)C1C/C(=N\S)c2cc([N+](=O)[O-])ccc2O1. The molecule has 1 aliphatic rings. The highest BCUT2D eigenvalue weighted by atomic mass is 32.1. The lowest BCUT2D eigenvalue weighted by atomic mass is 9.95. The maximum atomic E-state index is 10.9. The summed E-state index contributed by atoms with van der Waals surface area (Å²) in [5.41, 5.74) is 2.10. The lowest BCUT2D eigenvalue weighted by Gasteiger charge is -2.27. The average Bonchev–Trinajstić information content (AvgIpc) is 2.50. The van der Waals surface area contributed by atoms with Crippen molar-refractivity contribution in [1.29, 1.82) is 0 Å². The van der Waals surface area contributed by atoms with Crippen LogP contribution in [0.2, 0.25) is 0 Å². The number of nitro groups is 1. The highest BCUT2D eigenvalue weighted by Gasteiger charge is 2.28. The molecule has 0 fully saturated rings. The molecule has 21 heavy (non-hydrogen) atoms. The zero-order valence-corrected chi connectivity index (χ0v) is 12.1. The lowest BCUT2D eigenvalue weighted by Crippen LogP contribution is -2.28. The number of non-ortho nitro benzene ring substituents is 1. The van der Waals surface area contributed by atoms with E-state index in [0.717, 1.165) is 5.57 Å². The van der Waals surface area contributed by atoms with Crippen LogP contribution in [0.4, 0.5) is 5.69 Å². The van der Waals surface area contributed by atoms with Gasteiger partial charge in [-0.1, -0.05) is 31.4 Å². The van der Waals surface area contributed by atoms with E-state index in [1.165, 1.54) is 12.1 Å². The largest absolute Gasteiger partial charge is 0.485 e. The van der Waals surface area contributed by atoms with E-state index < -0.39 is 4.92 Å². The third-order valence-electron chi connectivity index (χ3n) is 3.17. The quantitative estimate of drug-likeness (QED) is 0.399. The van der Waals surface area contributed by atoms with E-state index in [4.69, 9.17) is 4.74 Å². The zero-order chi connectivity index (χ0) is 15.4. The first-order valence-corrected chi connectivity index (χ1v) is 6.62. The van der Waals surface area contributed by atoms with E-state index >= 15 is 0 Å². The molecule has 1 unspecified atom stereocenters. The Balaban J connectivity index is 2.45. The van der Waals surface area contributed by atoms with Gasteiger partial charge in [0.25, 0.3) is 5.69 Å². The number of rotatable bonds is 4. The Morgan fingerprint density at radius 3 is 2.86 bits per heavy atom. The molecule has 5 nitrogen and oxygen atoms in total. The predicted molar refractivity (Wildman–Crippen MR) is 86.1 cm³/mol. The molecule has 1 aromatic carbocycles. The molecule has 0 N–H and O–H groups in total. The first kappa shape index (κ1) is 15.1. The topological polar surface area (TPSA) is 64.7 Å². The van der Waals surface area contributed by atoms with E-state index in [9.17, 15) is 10.1 Å². The number of nitro benzene ring substituents is 1. The summed E-state index contributed by atoms with van der Waals surface area (Å²) in [5.74, 6) is 0.543. The van der Waals surface area contributed by atoms with Gasteiger partial charge >= 0.3 is 0 Å². The van der Waals surface area contributed by atoms with Crippen molar-refractivity contribution in [3.63, 3.8) is 0 Å². The molecular weight excluding hydrogens is 288 g/mol. The van der Waals surface area contributed by atoms with Crippen LogP contribution in [-0.4, -0.2) is 16.7 Å². The highest BCUT2D eigenvalue weighted by Crippen LogP contribution is 2.33. The van der Waals surface area contributed by atoms with Gasteiger partial charge in [-0.2, -0.15) is 0 Å². The lowest BCUT2D eigenvalue weighted by molar-refractivity contribution is -0.384. The van der Waals surface area contributed by atoms with Gasteiger partial charge in [0.2, 0.25) is 0 Å². The van der Waals surface area contributed by atoms with Crippen LogP contribution >= 0.6 is 12.8 Å². The van der Waals surface area contributed by atoms with Crippen LogP contribution in [0, 0.1) is 10.1 Å². The van der Waals surface area contributed by atoms with Gasteiger partial charge in [0.15, 0.2) is 0 Å². The van der Waals surface area contributed by atoms with Crippen LogP contribution in [0.15, 0.2) is 59.6 Å². The third kappa shape index (κ3) is 3.05. The molecule has 2 rings (SSSR count). The molecule has 0 amide bonds. The number of allylic oxidation sites excluding steroid dienone is 2. The Morgan fingerprint density at radius 1 is 1.52 bits per heavy atom. The molecule has 108 valence electrons. The second-order valence-electron chi connectivity index (χ2n) is 4.40. The monoisotopic (exact) mass is 302 g/mol. The maximum absolute atomic E-state index is 10.9. The predicted octanol–water partition coefficient (Wildman–Crippen LogP) is 3.68. The van der Waals surface area contributed by atoms with Gasteiger partial charge in [-0.25, -0.2) is 4.40 Å². The van der Waals surface area contributed by atoms with Crippen LogP contribution in [0.1, 0.15) is 12.0 Å². The fraction of sp³-hybridized carbons (Fsp3) is 0.133. The molecule has 1 aliphatic heterocycles. The molecule has 0 spiro atoms. The molecule has 0 radical (unpaired) electrons. The van der Waals surface area contributed by atoms with Gasteiger partial charge < -0.3 is 4.74 Å². The summed E-state index contributed by atoms with van der Waals surface area (Å²) >= 11 is 3.96. The number of nitrogens with zero attached hydrogens (tertiary/aromatic N) is 2. The molecule has 1 heterocycles. The van der Waals surface area contributed by atoms with E-state index in [2.05, 4.69) is 30.4 Å². The molecular formula is C15H14N2O3S. The van der Waals surface area contributed by atoms with Crippen LogP contribution < -0.4 is 4.74 Å². The van der Waals surface area contributed by atoms with Gasteiger partial charge in [0, 0.05) is 24.1 Å². The fourth-order valence-corrected chi connectivity index (χ4v) is 2.35. The standard InChI is InChI=1S/C15H14N2O3S/c1-3-5-10(4-2)15-9-13(16-21)12-8-11(17(18)19)6-7-14(12)20-15/h3-8,15,21H,1-2,9H2/b10-5+,16-13+. The minimum atomic E-state index is -0.449. The molecule has 1 atom stereocenters. The first-order chi connectivity index (χ1) is 10.1. The maximum Gasteiger partial charge on any atom is 0.270 e.